The van der Waals surface area contributed by atoms with E-state index in [4.69, 9.17) is 4.74 Å². The zero-order chi connectivity index (χ0) is 20.9. The first-order chi connectivity index (χ1) is 13.1. The minimum absolute atomic E-state index is 0.211. The lowest BCUT2D eigenvalue weighted by atomic mass is 10.0. The van der Waals surface area contributed by atoms with Gasteiger partial charge in [-0.15, -0.1) is 0 Å². The molecule has 0 aromatic heterocycles. The summed E-state index contributed by atoms with van der Waals surface area (Å²) in [5.41, 5.74) is -0.241. The number of alkyl halides is 3. The molecule has 0 heterocycles. The molecule has 0 aliphatic carbocycles. The number of anilines is 1. The summed E-state index contributed by atoms with van der Waals surface area (Å²) in [6.45, 7) is 3.51. The van der Waals surface area contributed by atoms with Crippen LogP contribution in [0.1, 0.15) is 29.8 Å². The number of rotatable bonds is 6. The summed E-state index contributed by atoms with van der Waals surface area (Å²) in [7, 11) is 1.51. The minimum atomic E-state index is -4.45. The molecule has 0 saturated heterocycles. The van der Waals surface area contributed by atoms with Crippen LogP contribution in [0, 0.1) is 5.92 Å². The van der Waals surface area contributed by atoms with Gasteiger partial charge in [-0.05, 0) is 54.4 Å². The molecule has 0 spiro atoms. The Bertz CT molecular complexity index is 816. The highest BCUT2D eigenvalue weighted by molar-refractivity contribution is 6.01. The van der Waals surface area contributed by atoms with E-state index in [2.05, 4.69) is 10.6 Å². The van der Waals surface area contributed by atoms with E-state index >= 15 is 0 Å². The third-order valence-electron chi connectivity index (χ3n) is 4.07. The molecule has 0 aliphatic rings. The molecule has 5 nitrogen and oxygen atoms in total. The van der Waals surface area contributed by atoms with Gasteiger partial charge in [-0.25, -0.2) is 0 Å². The summed E-state index contributed by atoms with van der Waals surface area (Å²) in [4.78, 5) is 24.9. The van der Waals surface area contributed by atoms with E-state index in [1.807, 2.05) is 0 Å². The van der Waals surface area contributed by atoms with Crippen LogP contribution < -0.4 is 15.4 Å². The van der Waals surface area contributed by atoms with Crippen molar-refractivity contribution in [3.63, 3.8) is 0 Å². The summed E-state index contributed by atoms with van der Waals surface area (Å²) < 4.78 is 42.9. The molecule has 150 valence electrons. The fourth-order valence-electron chi connectivity index (χ4n) is 2.46. The number of amides is 2. The maximum Gasteiger partial charge on any atom is 0.416 e. The van der Waals surface area contributed by atoms with Gasteiger partial charge >= 0.3 is 6.18 Å². The number of halogens is 3. The molecular weight excluding hydrogens is 373 g/mol. The zero-order valence-corrected chi connectivity index (χ0v) is 15.6. The quantitative estimate of drug-likeness (QED) is 0.775. The fourth-order valence-corrected chi connectivity index (χ4v) is 2.46. The number of hydrogen-bond donors (Lipinski definition) is 2. The molecule has 2 amide bonds. The average Bonchev–Trinajstić information content (AvgIpc) is 2.65. The van der Waals surface area contributed by atoms with E-state index in [1.54, 1.807) is 38.1 Å². The maximum absolute atomic E-state index is 12.6. The summed E-state index contributed by atoms with van der Waals surface area (Å²) >= 11 is 0. The van der Waals surface area contributed by atoms with Gasteiger partial charge < -0.3 is 15.4 Å². The van der Waals surface area contributed by atoms with Crippen LogP contribution in [0.15, 0.2) is 48.5 Å². The van der Waals surface area contributed by atoms with Gasteiger partial charge in [0.2, 0.25) is 5.91 Å². The normalized spacial score (nSPS) is 12.4. The molecule has 2 rings (SSSR count). The first kappa shape index (κ1) is 21.3. The van der Waals surface area contributed by atoms with Crippen molar-refractivity contribution in [1.82, 2.24) is 5.32 Å². The summed E-state index contributed by atoms with van der Waals surface area (Å²) in [6.07, 6.45) is -4.45. The number of hydrogen-bond acceptors (Lipinski definition) is 3. The van der Waals surface area contributed by atoms with Crippen LogP contribution in [0.25, 0.3) is 0 Å². The van der Waals surface area contributed by atoms with Crippen molar-refractivity contribution in [2.24, 2.45) is 5.92 Å². The average molecular weight is 394 g/mol. The zero-order valence-electron chi connectivity index (χ0n) is 15.6. The van der Waals surface area contributed by atoms with Crippen LogP contribution in [-0.4, -0.2) is 25.0 Å². The van der Waals surface area contributed by atoms with Crippen LogP contribution in [0.5, 0.6) is 5.75 Å². The fraction of sp³-hybridized carbons (Fsp3) is 0.300. The molecule has 28 heavy (non-hydrogen) atoms. The second kappa shape index (κ2) is 8.77. The smallest absolute Gasteiger partial charge is 0.416 e. The Morgan fingerprint density at radius 3 is 2.00 bits per heavy atom. The molecule has 0 aliphatic heterocycles. The van der Waals surface area contributed by atoms with Gasteiger partial charge in [0.05, 0.1) is 12.7 Å². The second-order valence-electron chi connectivity index (χ2n) is 6.49. The first-order valence-electron chi connectivity index (χ1n) is 8.55. The van der Waals surface area contributed by atoms with Crippen molar-refractivity contribution in [3.8, 4) is 5.75 Å². The van der Waals surface area contributed by atoms with E-state index in [0.717, 1.165) is 12.1 Å². The lowest BCUT2D eigenvalue weighted by Crippen LogP contribution is -2.47. The highest BCUT2D eigenvalue weighted by Crippen LogP contribution is 2.29. The molecule has 2 aromatic carbocycles. The molecule has 2 aromatic rings. The van der Waals surface area contributed by atoms with Crippen molar-refractivity contribution in [2.45, 2.75) is 26.1 Å². The van der Waals surface area contributed by atoms with Crippen molar-refractivity contribution in [3.05, 3.63) is 59.7 Å². The van der Waals surface area contributed by atoms with Crippen LogP contribution >= 0.6 is 0 Å². The molecule has 2 N–H and O–H groups in total. The molecule has 8 heteroatoms. The van der Waals surface area contributed by atoms with Gasteiger partial charge in [-0.1, -0.05) is 13.8 Å². The number of ether oxygens (including phenoxy) is 1. The van der Waals surface area contributed by atoms with Crippen LogP contribution in [0.2, 0.25) is 0 Å². The van der Waals surface area contributed by atoms with Crippen molar-refractivity contribution in [1.29, 1.82) is 0 Å². The molecule has 0 bridgehead atoms. The summed E-state index contributed by atoms with van der Waals surface area (Å²) in [6, 6.07) is 9.64. The van der Waals surface area contributed by atoms with E-state index in [9.17, 15) is 22.8 Å². The highest BCUT2D eigenvalue weighted by Gasteiger charge is 2.30. The SMILES string of the molecule is COc1ccc(C(=O)N[C@@H](C(=O)Nc2ccc(C(F)(F)F)cc2)C(C)C)cc1. The second-order valence-corrected chi connectivity index (χ2v) is 6.49. The molecule has 0 saturated carbocycles. The Labute approximate surface area is 160 Å². The highest BCUT2D eigenvalue weighted by atomic mass is 19.4. The largest absolute Gasteiger partial charge is 0.497 e. The van der Waals surface area contributed by atoms with Crippen LogP contribution in [0.4, 0.5) is 18.9 Å². The van der Waals surface area contributed by atoms with Gasteiger partial charge in [-0.2, -0.15) is 13.2 Å². The first-order valence-corrected chi connectivity index (χ1v) is 8.55. The Morgan fingerprint density at radius 2 is 1.54 bits per heavy atom. The number of carbonyl (C=O) groups excluding carboxylic acids is 2. The number of benzene rings is 2. The topological polar surface area (TPSA) is 67.4 Å². The predicted molar refractivity (Wildman–Crippen MR) is 99.2 cm³/mol. The van der Waals surface area contributed by atoms with Gasteiger partial charge in [0.1, 0.15) is 11.8 Å². The predicted octanol–water partition coefficient (Wildman–Crippen LogP) is 4.11. The molecule has 1 atom stereocenters. The lowest BCUT2D eigenvalue weighted by Gasteiger charge is -2.22. The minimum Gasteiger partial charge on any atom is -0.497 e. The monoisotopic (exact) mass is 394 g/mol. The van der Waals surface area contributed by atoms with Crippen molar-refractivity contribution in [2.75, 3.05) is 12.4 Å². The summed E-state index contributed by atoms with van der Waals surface area (Å²) in [5, 5.41) is 5.19. The van der Waals surface area contributed by atoms with Crippen LogP contribution in [0.3, 0.4) is 0 Å². The van der Waals surface area contributed by atoms with E-state index < -0.39 is 29.6 Å². The Balaban J connectivity index is 2.07. The third-order valence-corrected chi connectivity index (χ3v) is 4.07. The Morgan fingerprint density at radius 1 is 0.964 bits per heavy atom. The standard InChI is InChI=1S/C20H21F3N2O3/c1-12(2)17(25-18(26)13-4-10-16(28-3)11-5-13)19(27)24-15-8-6-14(7-9-15)20(21,22)23/h4-12,17H,1-3H3,(H,24,27)(H,25,26)/t17-/m1/s1. The van der Waals surface area contributed by atoms with Gasteiger partial charge in [0.25, 0.3) is 5.91 Å². The Hall–Kier alpha value is -3.03. The summed E-state index contributed by atoms with van der Waals surface area (Å²) in [5.74, 6) is -0.603. The van der Waals surface area contributed by atoms with E-state index in [1.165, 1.54) is 19.2 Å². The van der Waals surface area contributed by atoms with E-state index in [0.29, 0.717) is 11.3 Å². The van der Waals surface area contributed by atoms with Gasteiger partial charge in [0.15, 0.2) is 0 Å². The van der Waals surface area contributed by atoms with Gasteiger partial charge in [0, 0.05) is 11.3 Å². The molecule has 0 fully saturated rings. The Kier molecular flexibility index (Phi) is 6.66. The van der Waals surface area contributed by atoms with Crippen molar-refractivity contribution >= 4 is 17.5 Å². The third kappa shape index (κ3) is 5.48. The number of nitrogens with one attached hydrogen (secondary N) is 2. The number of carbonyl (C=O) groups is 2. The molecule has 0 unspecified atom stereocenters. The van der Waals surface area contributed by atoms with E-state index in [-0.39, 0.29) is 11.6 Å². The lowest BCUT2D eigenvalue weighted by molar-refractivity contribution is -0.137. The molecular formula is C20H21F3N2O3. The maximum atomic E-state index is 12.6. The molecule has 0 radical (unpaired) electrons. The van der Waals surface area contributed by atoms with Gasteiger partial charge in [-0.3, -0.25) is 9.59 Å². The number of methoxy groups -OCH3 is 1. The van der Waals surface area contributed by atoms with Crippen LogP contribution in [-0.2, 0) is 11.0 Å². The van der Waals surface area contributed by atoms with Crippen molar-refractivity contribution < 1.29 is 27.5 Å².